The summed E-state index contributed by atoms with van der Waals surface area (Å²) < 4.78 is 5.43. The largest absolute Gasteiger partial charge is 0.378 e. The molecule has 0 saturated carbocycles. The Hall–Kier alpha value is -2.90. The first-order valence-corrected chi connectivity index (χ1v) is 10.2. The van der Waals surface area contributed by atoms with Gasteiger partial charge in [0.1, 0.15) is 5.65 Å². The molecule has 0 bridgehead atoms. The highest BCUT2D eigenvalue weighted by Crippen LogP contribution is 2.32. The van der Waals surface area contributed by atoms with Crippen molar-refractivity contribution >= 4 is 39.7 Å². The number of fused-ring (bicyclic) bond motifs is 1. The molecule has 0 atom stereocenters. The number of benzene rings is 1. The molecule has 1 saturated heterocycles. The Labute approximate surface area is 167 Å². The summed E-state index contributed by atoms with van der Waals surface area (Å²) in [6, 6.07) is 12.6. The van der Waals surface area contributed by atoms with E-state index in [1.165, 1.54) is 11.3 Å². The van der Waals surface area contributed by atoms with Crippen LogP contribution in [0.3, 0.4) is 0 Å². The van der Waals surface area contributed by atoms with Gasteiger partial charge in [0, 0.05) is 36.0 Å². The Balaban J connectivity index is 1.43. The summed E-state index contributed by atoms with van der Waals surface area (Å²) in [5.41, 5.74) is 5.22. The molecule has 0 spiro atoms. The first-order chi connectivity index (χ1) is 13.8. The summed E-state index contributed by atoms with van der Waals surface area (Å²) in [6.45, 7) is 5.54. The fourth-order valence-electron chi connectivity index (χ4n) is 3.45. The summed E-state index contributed by atoms with van der Waals surface area (Å²) in [7, 11) is 0. The van der Waals surface area contributed by atoms with Crippen LogP contribution in [0, 0.1) is 6.92 Å². The third-order valence-corrected chi connectivity index (χ3v) is 5.93. The van der Waals surface area contributed by atoms with E-state index in [1.807, 2.05) is 12.3 Å². The summed E-state index contributed by atoms with van der Waals surface area (Å²) in [5.74, 6) is 0.593. The van der Waals surface area contributed by atoms with Gasteiger partial charge in [-0.1, -0.05) is 0 Å². The molecule has 28 heavy (non-hydrogen) atoms. The number of hydrogen-bond donors (Lipinski definition) is 2. The number of nitrogens with zero attached hydrogens (tertiary/aromatic N) is 3. The van der Waals surface area contributed by atoms with Crippen LogP contribution in [-0.2, 0) is 4.74 Å². The van der Waals surface area contributed by atoms with Gasteiger partial charge < -0.3 is 19.9 Å². The number of H-pyrrole nitrogens is 1. The molecule has 4 aromatic rings. The highest BCUT2D eigenvalue weighted by Gasteiger charge is 2.14. The minimum atomic E-state index is 0.593. The minimum absolute atomic E-state index is 0.593. The molecule has 5 rings (SSSR count). The maximum atomic E-state index is 5.43. The molecule has 0 aliphatic carbocycles. The van der Waals surface area contributed by atoms with E-state index < -0.39 is 0 Å². The van der Waals surface area contributed by atoms with Crippen LogP contribution < -0.4 is 10.2 Å². The number of nitrogens with one attached hydrogen (secondary N) is 2. The molecule has 1 aliphatic rings. The maximum Gasteiger partial charge on any atom is 0.229 e. The van der Waals surface area contributed by atoms with Crippen molar-refractivity contribution in [2.45, 2.75) is 6.92 Å². The zero-order valence-corrected chi connectivity index (χ0v) is 16.4. The molecule has 2 N–H and O–H groups in total. The molecular formula is C21H21N5OS. The van der Waals surface area contributed by atoms with Gasteiger partial charge >= 0.3 is 0 Å². The Morgan fingerprint density at radius 1 is 1.11 bits per heavy atom. The average molecular weight is 392 g/mol. The highest BCUT2D eigenvalue weighted by molar-refractivity contribution is 7.13. The van der Waals surface area contributed by atoms with Crippen molar-refractivity contribution in [3.05, 3.63) is 53.5 Å². The summed E-state index contributed by atoms with van der Waals surface area (Å²) in [6.07, 6.45) is 1.91. The van der Waals surface area contributed by atoms with Crippen LogP contribution in [-0.4, -0.2) is 41.3 Å². The van der Waals surface area contributed by atoms with Crippen LogP contribution in [0.5, 0.6) is 0 Å². The fourth-order valence-corrected chi connectivity index (χ4v) is 4.35. The third-order valence-electron chi connectivity index (χ3n) is 4.88. The third kappa shape index (κ3) is 3.34. The SMILES string of the molecule is Cc1csc(-c2nc(Nc3ccc(N4CCOCC4)cc3)nc3[nH]ccc23)c1. The number of rotatable bonds is 4. The van der Waals surface area contributed by atoms with Crippen molar-refractivity contribution < 1.29 is 4.74 Å². The van der Waals surface area contributed by atoms with Gasteiger partial charge in [0.15, 0.2) is 0 Å². The van der Waals surface area contributed by atoms with E-state index in [0.29, 0.717) is 5.95 Å². The lowest BCUT2D eigenvalue weighted by Gasteiger charge is -2.28. The molecule has 3 aromatic heterocycles. The van der Waals surface area contributed by atoms with Gasteiger partial charge in [-0.3, -0.25) is 0 Å². The molecule has 0 amide bonds. The predicted octanol–water partition coefficient (Wildman–Crippen LogP) is 4.58. The zero-order chi connectivity index (χ0) is 18.9. The molecule has 1 fully saturated rings. The van der Waals surface area contributed by atoms with Crippen LogP contribution in [0.4, 0.5) is 17.3 Å². The number of morpholine rings is 1. The normalized spacial score (nSPS) is 14.5. The number of thiophene rings is 1. The van der Waals surface area contributed by atoms with E-state index >= 15 is 0 Å². The van der Waals surface area contributed by atoms with E-state index in [1.54, 1.807) is 11.3 Å². The van der Waals surface area contributed by atoms with Gasteiger partial charge in [0.05, 0.1) is 23.8 Å². The standard InChI is InChI=1S/C21H21N5OS/c1-14-12-18(28-13-14)19-17-6-7-22-20(17)25-21(24-19)23-15-2-4-16(5-3-15)26-8-10-27-11-9-26/h2-7,12-13H,8-11H2,1H3,(H2,22,23,24,25). The predicted molar refractivity (Wildman–Crippen MR) is 115 cm³/mol. The van der Waals surface area contributed by atoms with Gasteiger partial charge in [-0.2, -0.15) is 4.98 Å². The topological polar surface area (TPSA) is 66.1 Å². The van der Waals surface area contributed by atoms with Gasteiger partial charge in [-0.25, -0.2) is 4.98 Å². The van der Waals surface area contributed by atoms with E-state index in [-0.39, 0.29) is 0 Å². The van der Waals surface area contributed by atoms with Gasteiger partial charge in [-0.05, 0) is 54.3 Å². The summed E-state index contributed by atoms with van der Waals surface area (Å²) in [4.78, 5) is 16.1. The molecule has 4 heterocycles. The second kappa shape index (κ2) is 7.26. The highest BCUT2D eigenvalue weighted by atomic mass is 32.1. The van der Waals surface area contributed by atoms with E-state index in [0.717, 1.165) is 53.6 Å². The molecule has 6 nitrogen and oxygen atoms in total. The summed E-state index contributed by atoms with van der Waals surface area (Å²) in [5, 5.41) is 6.54. The average Bonchev–Trinajstić information content (AvgIpc) is 3.37. The van der Waals surface area contributed by atoms with Crippen molar-refractivity contribution in [1.82, 2.24) is 15.0 Å². The second-order valence-corrected chi connectivity index (χ2v) is 7.81. The number of aryl methyl sites for hydroxylation is 1. The van der Waals surface area contributed by atoms with E-state index in [4.69, 9.17) is 9.72 Å². The monoisotopic (exact) mass is 391 g/mol. The quantitative estimate of drug-likeness (QED) is 0.533. The molecule has 0 unspecified atom stereocenters. The van der Waals surface area contributed by atoms with Crippen molar-refractivity contribution in [3.8, 4) is 10.6 Å². The van der Waals surface area contributed by atoms with Crippen molar-refractivity contribution in [2.75, 3.05) is 36.5 Å². The molecule has 142 valence electrons. The lowest BCUT2D eigenvalue weighted by Crippen LogP contribution is -2.36. The van der Waals surface area contributed by atoms with Gasteiger partial charge in [0.2, 0.25) is 5.95 Å². The molecular weight excluding hydrogens is 370 g/mol. The summed E-state index contributed by atoms with van der Waals surface area (Å²) >= 11 is 1.71. The minimum Gasteiger partial charge on any atom is -0.378 e. The van der Waals surface area contributed by atoms with Gasteiger partial charge in [-0.15, -0.1) is 11.3 Å². The lowest BCUT2D eigenvalue weighted by atomic mass is 10.2. The van der Waals surface area contributed by atoms with E-state index in [2.05, 4.69) is 62.8 Å². The Morgan fingerprint density at radius 3 is 2.68 bits per heavy atom. The maximum absolute atomic E-state index is 5.43. The van der Waals surface area contributed by atoms with Gasteiger partial charge in [0.25, 0.3) is 0 Å². The van der Waals surface area contributed by atoms with E-state index in [9.17, 15) is 0 Å². The van der Waals surface area contributed by atoms with Crippen molar-refractivity contribution in [1.29, 1.82) is 0 Å². The van der Waals surface area contributed by atoms with Crippen LogP contribution in [0.25, 0.3) is 21.6 Å². The molecule has 0 radical (unpaired) electrons. The number of anilines is 3. The Kier molecular flexibility index (Phi) is 4.46. The lowest BCUT2D eigenvalue weighted by molar-refractivity contribution is 0.122. The smallest absolute Gasteiger partial charge is 0.229 e. The van der Waals surface area contributed by atoms with Crippen molar-refractivity contribution in [2.24, 2.45) is 0 Å². The second-order valence-electron chi connectivity index (χ2n) is 6.90. The molecule has 7 heteroatoms. The first kappa shape index (κ1) is 17.2. The van der Waals surface area contributed by atoms with Crippen LogP contribution >= 0.6 is 11.3 Å². The number of ether oxygens (including phenoxy) is 1. The fraction of sp³-hybridized carbons (Fsp3) is 0.238. The van der Waals surface area contributed by atoms with Crippen LogP contribution in [0.15, 0.2) is 48.0 Å². The Bertz CT molecular complexity index is 1100. The number of aromatic nitrogens is 3. The molecule has 1 aliphatic heterocycles. The Morgan fingerprint density at radius 2 is 1.93 bits per heavy atom. The first-order valence-electron chi connectivity index (χ1n) is 9.37. The number of hydrogen-bond acceptors (Lipinski definition) is 6. The van der Waals surface area contributed by atoms with Crippen LogP contribution in [0.2, 0.25) is 0 Å². The zero-order valence-electron chi connectivity index (χ0n) is 15.6. The molecule has 1 aromatic carbocycles. The van der Waals surface area contributed by atoms with Crippen molar-refractivity contribution in [3.63, 3.8) is 0 Å². The van der Waals surface area contributed by atoms with Crippen LogP contribution in [0.1, 0.15) is 5.56 Å². The number of aromatic amines is 1.